The van der Waals surface area contributed by atoms with E-state index in [1.165, 1.54) is 6.33 Å². The van der Waals surface area contributed by atoms with Crippen molar-refractivity contribution in [3.63, 3.8) is 0 Å². The second-order valence-electron chi connectivity index (χ2n) is 6.89. The summed E-state index contributed by atoms with van der Waals surface area (Å²) in [5.74, 6) is 0.0552. The highest BCUT2D eigenvalue weighted by Crippen LogP contribution is 2.33. The van der Waals surface area contributed by atoms with Gasteiger partial charge in [0.05, 0.1) is 6.54 Å². The fraction of sp³-hybridized carbons (Fsp3) is 0.421. The fourth-order valence-electron chi connectivity index (χ4n) is 3.73. The third-order valence-corrected chi connectivity index (χ3v) is 4.92. The Labute approximate surface area is 157 Å². The molecule has 142 valence electrons. The van der Waals surface area contributed by atoms with Crippen molar-refractivity contribution in [2.24, 2.45) is 0 Å². The standard InChI is InChI=1S/C19H22FN5O2/c1-12(20)10-24-6-2-3-13-9-14(4-5-15(13)24)25-7-8-27-18-16(19(25)26)17(21)22-11-23-18/h4-5,9,11-12H,2-3,6-8,10H2,1H3,(H2,21,22,23). The van der Waals surface area contributed by atoms with Crippen LogP contribution in [0, 0.1) is 0 Å². The van der Waals surface area contributed by atoms with Gasteiger partial charge in [0, 0.05) is 24.5 Å². The van der Waals surface area contributed by atoms with Gasteiger partial charge in [0.1, 0.15) is 30.5 Å². The van der Waals surface area contributed by atoms with Crippen LogP contribution in [0.3, 0.4) is 0 Å². The SMILES string of the molecule is CC(F)CN1CCCc2cc(N3CCOc4ncnc(N)c4C3=O)ccc21. The lowest BCUT2D eigenvalue weighted by Crippen LogP contribution is -2.35. The van der Waals surface area contributed by atoms with Crippen molar-refractivity contribution in [3.05, 3.63) is 35.7 Å². The number of rotatable bonds is 3. The molecule has 1 aromatic carbocycles. The van der Waals surface area contributed by atoms with Gasteiger partial charge in [-0.25, -0.2) is 14.4 Å². The van der Waals surface area contributed by atoms with Crippen molar-refractivity contribution in [2.45, 2.75) is 25.9 Å². The predicted octanol–water partition coefficient (Wildman–Crippen LogP) is 2.21. The van der Waals surface area contributed by atoms with E-state index in [1.807, 2.05) is 18.2 Å². The van der Waals surface area contributed by atoms with E-state index in [-0.39, 0.29) is 23.2 Å². The van der Waals surface area contributed by atoms with Gasteiger partial charge in [0.2, 0.25) is 5.88 Å². The molecule has 0 bridgehead atoms. The van der Waals surface area contributed by atoms with Crippen molar-refractivity contribution >= 4 is 23.1 Å². The summed E-state index contributed by atoms with van der Waals surface area (Å²) in [6, 6.07) is 5.87. The second-order valence-corrected chi connectivity index (χ2v) is 6.89. The van der Waals surface area contributed by atoms with Crippen LogP contribution in [-0.4, -0.2) is 48.3 Å². The molecule has 2 aromatic rings. The number of nitrogen functional groups attached to an aromatic ring is 1. The van der Waals surface area contributed by atoms with Gasteiger partial charge in [-0.2, -0.15) is 0 Å². The van der Waals surface area contributed by atoms with Gasteiger partial charge in [0.25, 0.3) is 5.91 Å². The lowest BCUT2D eigenvalue weighted by atomic mass is 10.00. The largest absolute Gasteiger partial charge is 0.475 e. The lowest BCUT2D eigenvalue weighted by Gasteiger charge is -2.33. The zero-order chi connectivity index (χ0) is 19.0. The third-order valence-electron chi connectivity index (χ3n) is 4.92. The minimum absolute atomic E-state index is 0.109. The molecule has 0 spiro atoms. The molecule has 1 aromatic heterocycles. The van der Waals surface area contributed by atoms with Gasteiger partial charge < -0.3 is 20.3 Å². The molecule has 3 heterocycles. The summed E-state index contributed by atoms with van der Waals surface area (Å²) in [6.45, 7) is 3.50. The number of carbonyl (C=O) groups is 1. The molecule has 1 unspecified atom stereocenters. The van der Waals surface area contributed by atoms with E-state index in [9.17, 15) is 9.18 Å². The predicted molar refractivity (Wildman–Crippen MR) is 101 cm³/mol. The van der Waals surface area contributed by atoms with Crippen LogP contribution < -0.4 is 20.3 Å². The number of ether oxygens (including phenoxy) is 1. The van der Waals surface area contributed by atoms with Crippen molar-refractivity contribution < 1.29 is 13.9 Å². The maximum absolute atomic E-state index is 13.5. The Kier molecular flexibility index (Phi) is 4.55. The number of carbonyl (C=O) groups excluding carboxylic acids is 1. The average Bonchev–Trinajstić information content (AvgIpc) is 2.81. The Balaban J connectivity index is 1.68. The van der Waals surface area contributed by atoms with Crippen LogP contribution in [0.4, 0.5) is 21.6 Å². The molecule has 1 amide bonds. The number of hydrogen-bond donors (Lipinski definition) is 1. The Hall–Kier alpha value is -2.90. The number of alkyl halides is 1. The van der Waals surface area contributed by atoms with Crippen LogP contribution in [0.2, 0.25) is 0 Å². The normalized spacial score (nSPS) is 17.6. The molecule has 2 N–H and O–H groups in total. The fourth-order valence-corrected chi connectivity index (χ4v) is 3.73. The highest BCUT2D eigenvalue weighted by Gasteiger charge is 2.29. The van der Waals surface area contributed by atoms with Crippen molar-refractivity contribution in [1.82, 2.24) is 9.97 Å². The Morgan fingerprint density at radius 3 is 3.00 bits per heavy atom. The first kappa shape index (κ1) is 17.5. The van der Waals surface area contributed by atoms with Gasteiger partial charge in [-0.05, 0) is 43.5 Å². The van der Waals surface area contributed by atoms with Crippen molar-refractivity contribution in [1.29, 1.82) is 0 Å². The van der Waals surface area contributed by atoms with Crippen LogP contribution in [0.5, 0.6) is 5.88 Å². The zero-order valence-electron chi connectivity index (χ0n) is 15.2. The van der Waals surface area contributed by atoms with Crippen LogP contribution in [-0.2, 0) is 6.42 Å². The second kappa shape index (κ2) is 7.02. The summed E-state index contributed by atoms with van der Waals surface area (Å²) in [4.78, 5) is 24.7. The monoisotopic (exact) mass is 371 g/mol. The first-order valence-electron chi connectivity index (χ1n) is 9.11. The number of aromatic nitrogens is 2. The van der Waals surface area contributed by atoms with Crippen LogP contribution in [0.25, 0.3) is 0 Å². The number of aryl methyl sites for hydroxylation is 1. The van der Waals surface area contributed by atoms with Crippen LogP contribution >= 0.6 is 0 Å². The molecule has 1 atom stereocenters. The number of nitrogens with two attached hydrogens (primary N) is 1. The molecule has 2 aliphatic heterocycles. The van der Waals surface area contributed by atoms with Gasteiger partial charge >= 0.3 is 0 Å². The summed E-state index contributed by atoms with van der Waals surface area (Å²) in [7, 11) is 0. The summed E-state index contributed by atoms with van der Waals surface area (Å²) in [6.07, 6.45) is 2.26. The van der Waals surface area contributed by atoms with Crippen LogP contribution in [0.1, 0.15) is 29.3 Å². The highest BCUT2D eigenvalue weighted by molar-refractivity contribution is 6.10. The van der Waals surface area contributed by atoms with E-state index >= 15 is 0 Å². The van der Waals surface area contributed by atoms with E-state index < -0.39 is 6.17 Å². The Morgan fingerprint density at radius 2 is 2.19 bits per heavy atom. The van der Waals surface area contributed by atoms with Gasteiger partial charge in [-0.1, -0.05) is 0 Å². The smallest absolute Gasteiger partial charge is 0.267 e. The zero-order valence-corrected chi connectivity index (χ0v) is 15.2. The van der Waals surface area contributed by atoms with Crippen molar-refractivity contribution in [2.75, 3.05) is 41.8 Å². The first-order chi connectivity index (χ1) is 13.0. The van der Waals surface area contributed by atoms with E-state index in [2.05, 4.69) is 14.9 Å². The molecule has 0 saturated carbocycles. The highest BCUT2D eigenvalue weighted by atomic mass is 19.1. The summed E-state index contributed by atoms with van der Waals surface area (Å²) in [5, 5.41) is 0. The average molecular weight is 371 g/mol. The summed E-state index contributed by atoms with van der Waals surface area (Å²) in [5.41, 5.74) is 9.02. The van der Waals surface area contributed by atoms with Gasteiger partial charge in [-0.3, -0.25) is 4.79 Å². The molecule has 0 radical (unpaired) electrons. The number of hydrogen-bond acceptors (Lipinski definition) is 6. The molecule has 8 heteroatoms. The number of nitrogens with zero attached hydrogens (tertiary/aromatic N) is 4. The lowest BCUT2D eigenvalue weighted by molar-refractivity contribution is 0.0990. The Morgan fingerprint density at radius 1 is 1.33 bits per heavy atom. The number of benzene rings is 1. The minimum atomic E-state index is -0.889. The first-order valence-corrected chi connectivity index (χ1v) is 9.11. The summed E-state index contributed by atoms with van der Waals surface area (Å²) >= 11 is 0. The maximum Gasteiger partial charge on any atom is 0.267 e. The molecule has 0 fully saturated rings. The third kappa shape index (κ3) is 3.27. The van der Waals surface area contributed by atoms with E-state index in [4.69, 9.17) is 10.5 Å². The molecule has 0 saturated heterocycles. The molecular weight excluding hydrogens is 349 g/mol. The quantitative estimate of drug-likeness (QED) is 0.890. The molecule has 0 aliphatic carbocycles. The number of amides is 1. The van der Waals surface area contributed by atoms with Crippen LogP contribution in [0.15, 0.2) is 24.5 Å². The Bertz CT molecular complexity index is 873. The molecule has 27 heavy (non-hydrogen) atoms. The number of fused-ring (bicyclic) bond motifs is 2. The van der Waals surface area contributed by atoms with E-state index in [0.717, 1.165) is 36.3 Å². The number of halogens is 1. The molecule has 4 rings (SSSR count). The molecule has 7 nitrogen and oxygen atoms in total. The van der Waals surface area contributed by atoms with E-state index in [0.29, 0.717) is 19.7 Å². The topological polar surface area (TPSA) is 84.6 Å². The van der Waals surface area contributed by atoms with Gasteiger partial charge in [-0.15, -0.1) is 0 Å². The van der Waals surface area contributed by atoms with Crippen molar-refractivity contribution in [3.8, 4) is 5.88 Å². The maximum atomic E-state index is 13.5. The summed E-state index contributed by atoms with van der Waals surface area (Å²) < 4.78 is 19.1. The number of anilines is 3. The minimum Gasteiger partial charge on any atom is -0.475 e. The molecular formula is C19H22FN5O2. The molecule has 2 aliphatic rings. The van der Waals surface area contributed by atoms with Gasteiger partial charge in [0.15, 0.2) is 0 Å². The van der Waals surface area contributed by atoms with E-state index in [1.54, 1.807) is 11.8 Å².